The van der Waals surface area contributed by atoms with Crippen molar-refractivity contribution >= 4 is 19.2 Å². The highest BCUT2D eigenvalue weighted by Crippen LogP contribution is 2.40. The minimum atomic E-state index is -1.92. The Bertz CT molecular complexity index is 370. The predicted molar refractivity (Wildman–Crippen MR) is 56.4 cm³/mol. The molecule has 2 rings (SSSR count). The molecule has 1 heterocycles. The second-order valence-corrected chi connectivity index (χ2v) is 8.64. The Morgan fingerprint density at radius 2 is 1.92 bits per heavy atom. The summed E-state index contributed by atoms with van der Waals surface area (Å²) in [6.07, 6.45) is 0. The summed E-state index contributed by atoms with van der Waals surface area (Å²) < 4.78 is 0. The average Bonchev–Trinajstić information content (AvgIpc) is 2.16. The summed E-state index contributed by atoms with van der Waals surface area (Å²) in [4.78, 5) is 11.0. The SMILES string of the molecule is CC1(C)c2ccccc2[Si]1(C)[C]=O. The summed E-state index contributed by atoms with van der Waals surface area (Å²) in [7, 11) is -1.92. The lowest BCUT2D eigenvalue weighted by Crippen LogP contribution is -2.72. The molecular weight excluding hydrogens is 176 g/mol. The number of carbonyl (C=O) groups excluding carboxylic acids is 1. The summed E-state index contributed by atoms with van der Waals surface area (Å²) >= 11 is 0. The molecule has 1 atom stereocenters. The number of benzene rings is 1. The number of hydrogen-bond donors (Lipinski definition) is 0. The Balaban J connectivity index is 2.66. The van der Waals surface area contributed by atoms with E-state index in [0.717, 1.165) is 0 Å². The first-order valence-corrected chi connectivity index (χ1v) is 7.03. The minimum absolute atomic E-state index is 0.0747. The van der Waals surface area contributed by atoms with Crippen molar-refractivity contribution in [3.8, 4) is 0 Å². The quantitative estimate of drug-likeness (QED) is 0.611. The molecule has 0 amide bonds. The fourth-order valence-corrected chi connectivity index (χ4v) is 5.16. The molecule has 2 heteroatoms. The summed E-state index contributed by atoms with van der Waals surface area (Å²) in [6.45, 7) is 6.42. The second-order valence-electron chi connectivity index (χ2n) is 4.40. The van der Waals surface area contributed by atoms with E-state index in [1.54, 1.807) is 0 Å². The lowest BCUT2D eigenvalue weighted by atomic mass is 10.0. The summed E-state index contributed by atoms with van der Waals surface area (Å²) in [6, 6.07) is 8.26. The first-order chi connectivity index (χ1) is 6.04. The third kappa shape index (κ3) is 0.792. The van der Waals surface area contributed by atoms with Crippen molar-refractivity contribution in [1.82, 2.24) is 0 Å². The standard InChI is InChI=1S/C11H13OSi/c1-11(2)9-6-4-5-7-10(9)13(11,3)8-12/h4-7H,1-3H3. The highest BCUT2D eigenvalue weighted by atomic mass is 28.3. The fraction of sp³-hybridized carbons (Fsp3) is 0.364. The summed E-state index contributed by atoms with van der Waals surface area (Å²) in [5, 5.41) is 1.35. The van der Waals surface area contributed by atoms with E-state index >= 15 is 0 Å². The van der Waals surface area contributed by atoms with Crippen LogP contribution in [0.1, 0.15) is 19.4 Å². The van der Waals surface area contributed by atoms with Crippen molar-refractivity contribution in [3.63, 3.8) is 0 Å². The van der Waals surface area contributed by atoms with Crippen LogP contribution >= 0.6 is 0 Å². The molecule has 1 aromatic rings. The van der Waals surface area contributed by atoms with Crippen LogP contribution in [0.3, 0.4) is 0 Å². The smallest absolute Gasteiger partial charge is 0.180 e. The van der Waals surface area contributed by atoms with Gasteiger partial charge in [0.15, 0.2) is 14.0 Å². The maximum absolute atomic E-state index is 11.0. The lowest BCUT2D eigenvalue weighted by Gasteiger charge is -2.50. The molecule has 0 saturated carbocycles. The Hall–Kier alpha value is -0.893. The zero-order valence-electron chi connectivity index (χ0n) is 8.22. The molecule has 0 aliphatic carbocycles. The molecule has 1 nitrogen and oxygen atoms in total. The van der Waals surface area contributed by atoms with Crippen molar-refractivity contribution in [2.75, 3.05) is 0 Å². The van der Waals surface area contributed by atoms with Crippen LogP contribution < -0.4 is 5.19 Å². The Kier molecular flexibility index (Phi) is 1.55. The van der Waals surface area contributed by atoms with E-state index in [-0.39, 0.29) is 5.04 Å². The molecule has 0 N–H and O–H groups in total. The van der Waals surface area contributed by atoms with E-state index in [2.05, 4.69) is 38.4 Å². The van der Waals surface area contributed by atoms with Crippen LogP contribution in [0.4, 0.5) is 0 Å². The van der Waals surface area contributed by atoms with E-state index < -0.39 is 8.07 Å². The summed E-state index contributed by atoms with van der Waals surface area (Å²) in [5.74, 6) is 2.31. The van der Waals surface area contributed by atoms with Crippen molar-refractivity contribution in [1.29, 1.82) is 0 Å². The maximum Gasteiger partial charge on any atom is 0.180 e. The molecule has 1 aromatic carbocycles. The van der Waals surface area contributed by atoms with Gasteiger partial charge in [0.05, 0.1) is 0 Å². The second kappa shape index (κ2) is 2.32. The van der Waals surface area contributed by atoms with Gasteiger partial charge in [-0.15, -0.1) is 0 Å². The fourth-order valence-electron chi connectivity index (χ4n) is 2.19. The normalized spacial score (nSPS) is 28.8. The number of rotatable bonds is 1. The van der Waals surface area contributed by atoms with Crippen LogP contribution in [-0.4, -0.2) is 14.0 Å². The van der Waals surface area contributed by atoms with Crippen molar-refractivity contribution in [2.45, 2.75) is 25.4 Å². The molecule has 0 saturated heterocycles. The molecule has 67 valence electrons. The van der Waals surface area contributed by atoms with E-state index in [4.69, 9.17) is 0 Å². The van der Waals surface area contributed by atoms with Gasteiger partial charge in [0.25, 0.3) is 0 Å². The minimum Gasteiger partial charge on any atom is -0.297 e. The van der Waals surface area contributed by atoms with Crippen molar-refractivity contribution < 1.29 is 4.79 Å². The third-order valence-corrected chi connectivity index (χ3v) is 8.28. The first kappa shape index (κ1) is 8.69. The monoisotopic (exact) mass is 189 g/mol. The molecule has 1 unspecified atom stereocenters. The number of hydrogen-bond acceptors (Lipinski definition) is 1. The van der Waals surface area contributed by atoms with Gasteiger partial charge < -0.3 is 0 Å². The topological polar surface area (TPSA) is 17.1 Å². The van der Waals surface area contributed by atoms with Crippen molar-refractivity contribution in [3.05, 3.63) is 29.8 Å². The summed E-state index contributed by atoms with van der Waals surface area (Å²) in [5.41, 5.74) is 1.34. The third-order valence-electron chi connectivity index (χ3n) is 3.59. The molecule has 0 fully saturated rings. The molecule has 1 aliphatic heterocycles. The first-order valence-electron chi connectivity index (χ1n) is 4.53. The average molecular weight is 189 g/mol. The van der Waals surface area contributed by atoms with Crippen LogP contribution in [0.5, 0.6) is 0 Å². The molecule has 1 aliphatic rings. The van der Waals surface area contributed by atoms with Gasteiger partial charge in [-0.2, -0.15) is 0 Å². The molecule has 0 aromatic heterocycles. The zero-order valence-corrected chi connectivity index (χ0v) is 9.22. The largest absolute Gasteiger partial charge is 0.297 e. The Morgan fingerprint density at radius 3 is 2.54 bits per heavy atom. The van der Waals surface area contributed by atoms with Crippen LogP contribution in [0.15, 0.2) is 24.3 Å². The molecular formula is C11H13OSi. The van der Waals surface area contributed by atoms with E-state index in [0.29, 0.717) is 0 Å². The lowest BCUT2D eigenvalue weighted by molar-refractivity contribution is 0.562. The number of fused-ring (bicyclic) bond motifs is 1. The van der Waals surface area contributed by atoms with Gasteiger partial charge in [0.1, 0.15) is 0 Å². The van der Waals surface area contributed by atoms with E-state index in [1.165, 1.54) is 10.8 Å². The van der Waals surface area contributed by atoms with Gasteiger partial charge in [-0.1, -0.05) is 44.7 Å². The van der Waals surface area contributed by atoms with Gasteiger partial charge in [0.2, 0.25) is 0 Å². The molecule has 0 bridgehead atoms. The van der Waals surface area contributed by atoms with Gasteiger partial charge in [-0.25, -0.2) is 0 Å². The zero-order chi connectivity index (χ0) is 9.69. The molecule has 13 heavy (non-hydrogen) atoms. The van der Waals surface area contributed by atoms with E-state index in [1.807, 2.05) is 12.1 Å². The van der Waals surface area contributed by atoms with E-state index in [9.17, 15) is 4.79 Å². The Morgan fingerprint density at radius 1 is 1.31 bits per heavy atom. The van der Waals surface area contributed by atoms with Crippen LogP contribution in [0.25, 0.3) is 0 Å². The molecule has 0 spiro atoms. The highest BCUT2D eigenvalue weighted by Gasteiger charge is 2.57. The highest BCUT2D eigenvalue weighted by molar-refractivity contribution is 7.14. The van der Waals surface area contributed by atoms with Gasteiger partial charge >= 0.3 is 0 Å². The van der Waals surface area contributed by atoms with Gasteiger partial charge in [-0.3, -0.25) is 4.79 Å². The van der Waals surface area contributed by atoms with Gasteiger partial charge in [0, 0.05) is 0 Å². The predicted octanol–water partition coefficient (Wildman–Crippen LogP) is 1.45. The van der Waals surface area contributed by atoms with Crippen molar-refractivity contribution in [2.24, 2.45) is 0 Å². The molecule has 1 radical (unpaired) electrons. The van der Waals surface area contributed by atoms with Crippen LogP contribution in [0.2, 0.25) is 6.55 Å². The van der Waals surface area contributed by atoms with Crippen LogP contribution in [-0.2, 0) is 9.83 Å². The Labute approximate surface area is 79.8 Å². The van der Waals surface area contributed by atoms with Gasteiger partial charge in [-0.05, 0) is 15.8 Å². The van der Waals surface area contributed by atoms with Crippen LogP contribution in [0, 0.1) is 0 Å². The maximum atomic E-state index is 11.0.